The summed E-state index contributed by atoms with van der Waals surface area (Å²) in [5, 5.41) is 0. The van der Waals surface area contributed by atoms with Crippen molar-refractivity contribution >= 4 is 23.9 Å². The van der Waals surface area contributed by atoms with Crippen molar-refractivity contribution in [3.63, 3.8) is 0 Å². The van der Waals surface area contributed by atoms with Crippen molar-refractivity contribution in [3.05, 3.63) is 84.0 Å². The summed E-state index contributed by atoms with van der Waals surface area (Å²) >= 11 is 0. The molecule has 2 rings (SSSR count). The summed E-state index contributed by atoms with van der Waals surface area (Å²) in [7, 11) is 0. The van der Waals surface area contributed by atoms with E-state index in [0.717, 1.165) is 0 Å². The first kappa shape index (κ1) is 27.8. The van der Waals surface area contributed by atoms with Crippen LogP contribution in [0.1, 0.15) is 36.7 Å². The number of esters is 4. The number of carbonyl (C=O) groups excluding carboxylic acids is 4. The molecule has 2 aromatic carbocycles. The number of ether oxygens (including phenoxy) is 4. The van der Waals surface area contributed by atoms with Gasteiger partial charge in [0.2, 0.25) is 0 Å². The van der Waals surface area contributed by atoms with Crippen LogP contribution in [0.5, 0.6) is 11.5 Å². The van der Waals surface area contributed by atoms with Crippen LogP contribution >= 0.6 is 0 Å². The van der Waals surface area contributed by atoms with Crippen molar-refractivity contribution in [3.8, 4) is 22.6 Å². The minimum atomic E-state index is -0.781. The number of carbonyl (C=O) groups is 4. The Morgan fingerprint density at radius 1 is 0.667 bits per heavy atom. The van der Waals surface area contributed by atoms with Gasteiger partial charge in [-0.1, -0.05) is 31.9 Å². The lowest BCUT2D eigenvalue weighted by Crippen LogP contribution is -2.16. The third-order valence-electron chi connectivity index (χ3n) is 4.71. The number of aryl methyl sites for hydroxylation is 1. The molecule has 188 valence electrons. The molecule has 0 aromatic heterocycles. The fraction of sp³-hybridized carbons (Fsp3) is 0.214. The minimum absolute atomic E-state index is 0.0104. The van der Waals surface area contributed by atoms with E-state index in [2.05, 4.69) is 19.7 Å². The molecule has 0 atom stereocenters. The fourth-order valence-corrected chi connectivity index (χ4v) is 2.75. The van der Waals surface area contributed by atoms with Crippen molar-refractivity contribution < 1.29 is 38.1 Å². The van der Waals surface area contributed by atoms with Crippen molar-refractivity contribution in [2.75, 3.05) is 13.2 Å². The maximum Gasteiger partial charge on any atom is 0.342 e. The standard InChI is InChI=1S/C28H28O8/c1-16(2)25(29)33-12-13-34-28(32)22-15-21(9-11-24(22)36-27(31)18(5)6)20-8-10-23(19(7)14-20)35-26(30)17(3)4/h8-11,14-15H,1,3,5,12-13H2,2,4,6-7H3. The molecule has 0 N–H and O–H groups in total. The molecule has 8 heteroatoms. The van der Waals surface area contributed by atoms with Crippen molar-refractivity contribution in [1.29, 1.82) is 0 Å². The lowest BCUT2D eigenvalue weighted by atomic mass is 10.00. The van der Waals surface area contributed by atoms with E-state index in [0.29, 0.717) is 22.4 Å². The van der Waals surface area contributed by atoms with Crippen LogP contribution in [-0.4, -0.2) is 37.1 Å². The molecule has 0 fully saturated rings. The molecule has 0 spiro atoms. The number of rotatable bonds is 10. The van der Waals surface area contributed by atoms with Gasteiger partial charge in [-0.05, 0) is 68.7 Å². The molecular weight excluding hydrogens is 464 g/mol. The summed E-state index contributed by atoms with van der Waals surface area (Å²) in [6.07, 6.45) is 0. The van der Waals surface area contributed by atoms with E-state index in [1.54, 1.807) is 38.1 Å². The van der Waals surface area contributed by atoms with Crippen molar-refractivity contribution in [2.24, 2.45) is 0 Å². The molecule has 0 saturated carbocycles. The molecule has 0 saturated heterocycles. The van der Waals surface area contributed by atoms with Gasteiger partial charge in [0, 0.05) is 16.7 Å². The van der Waals surface area contributed by atoms with Gasteiger partial charge in [-0.25, -0.2) is 19.2 Å². The quantitative estimate of drug-likeness (QED) is 0.200. The SMILES string of the molecule is C=C(C)C(=O)OCCOC(=O)c1cc(-c2ccc(OC(=O)C(=C)C)c(C)c2)ccc1OC(=O)C(=C)C. The van der Waals surface area contributed by atoms with Crippen LogP contribution in [0.2, 0.25) is 0 Å². The van der Waals surface area contributed by atoms with E-state index < -0.39 is 23.9 Å². The number of hydrogen-bond donors (Lipinski definition) is 0. The molecular formula is C28H28O8. The van der Waals surface area contributed by atoms with Crippen molar-refractivity contribution in [1.82, 2.24) is 0 Å². The Bertz CT molecular complexity index is 1250. The zero-order chi connectivity index (χ0) is 27.0. The van der Waals surface area contributed by atoms with Gasteiger partial charge in [0.1, 0.15) is 30.3 Å². The highest BCUT2D eigenvalue weighted by Crippen LogP contribution is 2.31. The van der Waals surface area contributed by atoms with Gasteiger partial charge in [0.25, 0.3) is 0 Å². The van der Waals surface area contributed by atoms with Crippen LogP contribution in [0.25, 0.3) is 11.1 Å². The number of hydrogen-bond acceptors (Lipinski definition) is 8. The monoisotopic (exact) mass is 492 g/mol. The third kappa shape index (κ3) is 7.53. The highest BCUT2D eigenvalue weighted by molar-refractivity contribution is 5.97. The Morgan fingerprint density at radius 3 is 1.67 bits per heavy atom. The maximum absolute atomic E-state index is 12.8. The summed E-state index contributed by atoms with van der Waals surface area (Å²) in [6, 6.07) is 9.78. The summed E-state index contributed by atoms with van der Waals surface area (Å²) in [5.41, 5.74) is 2.65. The van der Waals surface area contributed by atoms with Gasteiger partial charge in [-0.15, -0.1) is 0 Å². The molecule has 2 aromatic rings. The van der Waals surface area contributed by atoms with Gasteiger partial charge in [-0.2, -0.15) is 0 Å². The third-order valence-corrected chi connectivity index (χ3v) is 4.71. The molecule has 36 heavy (non-hydrogen) atoms. The fourth-order valence-electron chi connectivity index (χ4n) is 2.75. The Morgan fingerprint density at radius 2 is 1.14 bits per heavy atom. The van der Waals surface area contributed by atoms with E-state index in [-0.39, 0.29) is 41.2 Å². The summed E-state index contributed by atoms with van der Waals surface area (Å²) < 4.78 is 20.8. The summed E-state index contributed by atoms with van der Waals surface area (Å²) in [6.45, 7) is 16.5. The summed E-state index contributed by atoms with van der Waals surface area (Å²) in [4.78, 5) is 48.2. The molecule has 0 radical (unpaired) electrons. The molecule has 0 aliphatic heterocycles. The second kappa shape index (κ2) is 12.3. The molecule has 0 heterocycles. The summed E-state index contributed by atoms with van der Waals surface area (Å²) in [5.74, 6) is -2.25. The first-order chi connectivity index (χ1) is 16.9. The molecule has 0 aliphatic rings. The average molecular weight is 493 g/mol. The Balaban J connectivity index is 2.32. The second-order valence-electron chi connectivity index (χ2n) is 8.08. The van der Waals surface area contributed by atoms with Gasteiger partial charge < -0.3 is 18.9 Å². The predicted octanol–water partition coefficient (Wildman–Crippen LogP) is 4.90. The maximum atomic E-state index is 12.8. The average Bonchev–Trinajstić information content (AvgIpc) is 2.82. The van der Waals surface area contributed by atoms with Gasteiger partial charge in [0.15, 0.2) is 0 Å². The molecule has 0 bridgehead atoms. The smallest absolute Gasteiger partial charge is 0.342 e. The van der Waals surface area contributed by atoms with E-state index in [4.69, 9.17) is 18.9 Å². The van der Waals surface area contributed by atoms with Crippen LogP contribution in [0.15, 0.2) is 72.9 Å². The minimum Gasteiger partial charge on any atom is -0.459 e. The van der Waals surface area contributed by atoms with Crippen molar-refractivity contribution in [2.45, 2.75) is 27.7 Å². The van der Waals surface area contributed by atoms with E-state index in [9.17, 15) is 19.2 Å². The van der Waals surface area contributed by atoms with E-state index in [1.807, 2.05) is 0 Å². The van der Waals surface area contributed by atoms with Crippen LogP contribution in [-0.2, 0) is 23.9 Å². The lowest BCUT2D eigenvalue weighted by molar-refractivity contribution is -0.140. The van der Waals surface area contributed by atoms with Crippen LogP contribution in [0.4, 0.5) is 0 Å². The zero-order valence-electron chi connectivity index (χ0n) is 20.8. The zero-order valence-corrected chi connectivity index (χ0v) is 20.8. The van der Waals surface area contributed by atoms with E-state index >= 15 is 0 Å². The normalized spacial score (nSPS) is 10.1. The highest BCUT2D eigenvalue weighted by atomic mass is 16.6. The largest absolute Gasteiger partial charge is 0.459 e. The molecule has 8 nitrogen and oxygen atoms in total. The first-order valence-electron chi connectivity index (χ1n) is 10.9. The lowest BCUT2D eigenvalue weighted by Gasteiger charge is -2.13. The second-order valence-corrected chi connectivity index (χ2v) is 8.08. The highest BCUT2D eigenvalue weighted by Gasteiger charge is 2.19. The predicted molar refractivity (Wildman–Crippen MR) is 134 cm³/mol. The van der Waals surface area contributed by atoms with Crippen LogP contribution in [0, 0.1) is 6.92 Å². The van der Waals surface area contributed by atoms with Gasteiger partial charge >= 0.3 is 23.9 Å². The van der Waals surface area contributed by atoms with Gasteiger partial charge in [0.05, 0.1) is 0 Å². The van der Waals surface area contributed by atoms with Crippen LogP contribution in [0.3, 0.4) is 0 Å². The van der Waals surface area contributed by atoms with E-state index in [1.165, 1.54) is 26.0 Å². The Hall–Kier alpha value is -4.46. The van der Waals surface area contributed by atoms with Crippen LogP contribution < -0.4 is 9.47 Å². The van der Waals surface area contributed by atoms with Gasteiger partial charge in [-0.3, -0.25) is 0 Å². The molecule has 0 aliphatic carbocycles. The number of benzene rings is 2. The Kier molecular flexibility index (Phi) is 9.50. The molecule has 0 amide bonds. The molecule has 0 unspecified atom stereocenters. The topological polar surface area (TPSA) is 105 Å². The first-order valence-corrected chi connectivity index (χ1v) is 10.9. The Labute approximate surface area is 209 Å².